The molecule has 3 N–H and O–H groups in total. The van der Waals surface area contributed by atoms with E-state index in [0.717, 1.165) is 31.7 Å². The number of nitrogen functional groups attached to an aromatic ring is 1. The number of hydrogen-bond acceptors (Lipinski definition) is 5. The normalized spacial score (nSPS) is 23.9. The number of amides is 1. The summed E-state index contributed by atoms with van der Waals surface area (Å²) in [4.78, 5) is 18.5. The Hall–Kier alpha value is -0.560. The standard InChI is InChI=1S/C12H18N4OS.2ClH/c13-12-15-9(7-18-12)1-2-11(17)16-4-3-8-5-14-6-10(8)16;;/h7-8,10,14H,1-6H2,(H2,13,15);2*1H/t8-,10+;;/m0../s1. The summed E-state index contributed by atoms with van der Waals surface area (Å²) in [6.45, 7) is 2.95. The van der Waals surface area contributed by atoms with E-state index in [1.807, 2.05) is 5.38 Å². The van der Waals surface area contributed by atoms with Gasteiger partial charge < -0.3 is 16.0 Å². The Bertz CT molecular complexity index is 456. The summed E-state index contributed by atoms with van der Waals surface area (Å²) in [5.74, 6) is 0.932. The number of carbonyl (C=O) groups excluding carboxylic acids is 1. The number of nitrogens with one attached hydrogen (secondary N) is 1. The highest BCUT2D eigenvalue weighted by Gasteiger charge is 2.39. The molecule has 2 fully saturated rings. The predicted molar refractivity (Wildman–Crippen MR) is 85.8 cm³/mol. The number of halogens is 2. The number of rotatable bonds is 3. The lowest BCUT2D eigenvalue weighted by atomic mass is 10.1. The van der Waals surface area contributed by atoms with Gasteiger partial charge in [-0.05, 0) is 18.8 Å². The fourth-order valence-electron chi connectivity index (χ4n) is 2.97. The first-order valence-electron chi connectivity index (χ1n) is 6.44. The molecule has 2 aliphatic rings. The molecule has 1 amide bonds. The second-order valence-electron chi connectivity index (χ2n) is 5.04. The van der Waals surface area contributed by atoms with Gasteiger partial charge in [-0.2, -0.15) is 0 Å². The maximum atomic E-state index is 12.2. The Balaban J connectivity index is 0.000001000. The molecule has 0 unspecified atom stereocenters. The SMILES string of the molecule is Cl.Cl.Nc1nc(CCC(=O)N2CC[C@H]3CNC[C@H]32)cs1. The van der Waals surface area contributed by atoms with Gasteiger partial charge in [0.05, 0.1) is 5.69 Å². The van der Waals surface area contributed by atoms with Gasteiger partial charge in [0.25, 0.3) is 0 Å². The molecule has 1 aromatic rings. The van der Waals surface area contributed by atoms with Crippen molar-refractivity contribution in [1.29, 1.82) is 0 Å². The lowest BCUT2D eigenvalue weighted by molar-refractivity contribution is -0.131. The van der Waals surface area contributed by atoms with E-state index in [1.165, 1.54) is 11.3 Å². The maximum absolute atomic E-state index is 12.2. The highest BCUT2D eigenvalue weighted by atomic mass is 35.5. The van der Waals surface area contributed by atoms with Gasteiger partial charge >= 0.3 is 0 Å². The predicted octanol–water partition coefficient (Wildman–Crippen LogP) is 1.32. The third-order valence-electron chi connectivity index (χ3n) is 3.93. The first-order valence-corrected chi connectivity index (χ1v) is 7.32. The minimum absolute atomic E-state index is 0. The van der Waals surface area contributed by atoms with E-state index in [-0.39, 0.29) is 30.7 Å². The maximum Gasteiger partial charge on any atom is 0.223 e. The van der Waals surface area contributed by atoms with Gasteiger partial charge in [-0.25, -0.2) is 4.98 Å². The molecular formula is C12H20Cl2N4OS. The first kappa shape index (κ1) is 17.5. The van der Waals surface area contributed by atoms with Crippen molar-refractivity contribution in [3.8, 4) is 0 Å². The van der Waals surface area contributed by atoms with Gasteiger partial charge in [0, 0.05) is 37.5 Å². The van der Waals surface area contributed by atoms with Crippen LogP contribution in [0.2, 0.25) is 0 Å². The van der Waals surface area contributed by atoms with Gasteiger partial charge in [0.15, 0.2) is 5.13 Å². The lowest BCUT2D eigenvalue weighted by Crippen LogP contribution is -2.39. The number of likely N-dealkylation sites (tertiary alicyclic amines) is 1. The molecule has 3 rings (SSSR count). The van der Waals surface area contributed by atoms with Crippen LogP contribution in [0.25, 0.3) is 0 Å². The molecule has 0 aromatic carbocycles. The summed E-state index contributed by atoms with van der Waals surface area (Å²) in [5.41, 5.74) is 6.52. The van der Waals surface area contributed by atoms with E-state index in [2.05, 4.69) is 15.2 Å². The monoisotopic (exact) mass is 338 g/mol. The van der Waals surface area contributed by atoms with Gasteiger partial charge in [0.2, 0.25) is 5.91 Å². The molecule has 0 saturated carbocycles. The number of hydrogen-bond donors (Lipinski definition) is 2. The van der Waals surface area contributed by atoms with Crippen LogP contribution in [-0.2, 0) is 11.2 Å². The van der Waals surface area contributed by atoms with Crippen molar-refractivity contribution in [2.75, 3.05) is 25.4 Å². The average molecular weight is 339 g/mol. The molecule has 20 heavy (non-hydrogen) atoms. The van der Waals surface area contributed by atoms with Gasteiger partial charge in [0.1, 0.15) is 0 Å². The lowest BCUT2D eigenvalue weighted by Gasteiger charge is -2.23. The number of aryl methyl sites for hydroxylation is 1. The minimum Gasteiger partial charge on any atom is -0.375 e. The van der Waals surface area contributed by atoms with Crippen LogP contribution < -0.4 is 11.1 Å². The molecule has 2 saturated heterocycles. The van der Waals surface area contributed by atoms with Crippen LogP contribution in [0.5, 0.6) is 0 Å². The summed E-state index contributed by atoms with van der Waals surface area (Å²) in [6.07, 6.45) is 2.40. The van der Waals surface area contributed by atoms with Crippen LogP contribution >= 0.6 is 36.2 Å². The fraction of sp³-hybridized carbons (Fsp3) is 0.667. The number of anilines is 1. The average Bonchev–Trinajstić information content (AvgIpc) is 3.01. The molecule has 2 atom stereocenters. The number of nitrogens with zero attached hydrogens (tertiary/aromatic N) is 2. The third kappa shape index (κ3) is 3.55. The number of fused-ring (bicyclic) bond motifs is 1. The van der Waals surface area contributed by atoms with Crippen molar-refractivity contribution in [3.63, 3.8) is 0 Å². The van der Waals surface area contributed by atoms with E-state index >= 15 is 0 Å². The van der Waals surface area contributed by atoms with Crippen LogP contribution in [0.3, 0.4) is 0 Å². The summed E-state index contributed by atoms with van der Waals surface area (Å²) in [7, 11) is 0. The molecule has 5 nitrogen and oxygen atoms in total. The number of aromatic nitrogens is 1. The summed E-state index contributed by atoms with van der Waals surface area (Å²) >= 11 is 1.44. The molecule has 3 heterocycles. The van der Waals surface area contributed by atoms with Crippen molar-refractivity contribution in [2.45, 2.75) is 25.3 Å². The molecule has 0 aliphatic carbocycles. The van der Waals surface area contributed by atoms with Crippen molar-refractivity contribution in [1.82, 2.24) is 15.2 Å². The Kier molecular flexibility index (Phi) is 6.51. The zero-order valence-corrected chi connectivity index (χ0v) is 13.5. The van der Waals surface area contributed by atoms with Crippen LogP contribution in [-0.4, -0.2) is 41.5 Å². The van der Waals surface area contributed by atoms with Gasteiger partial charge in [-0.3, -0.25) is 4.79 Å². The largest absolute Gasteiger partial charge is 0.375 e. The smallest absolute Gasteiger partial charge is 0.223 e. The molecule has 0 radical (unpaired) electrons. The topological polar surface area (TPSA) is 71.2 Å². The quantitative estimate of drug-likeness (QED) is 0.871. The Morgan fingerprint density at radius 1 is 1.50 bits per heavy atom. The Morgan fingerprint density at radius 3 is 3.00 bits per heavy atom. The summed E-state index contributed by atoms with van der Waals surface area (Å²) in [6, 6.07) is 0.429. The minimum atomic E-state index is 0. The molecule has 0 bridgehead atoms. The Labute approximate surface area is 135 Å². The molecular weight excluding hydrogens is 319 g/mol. The van der Waals surface area contributed by atoms with Crippen LogP contribution in [0, 0.1) is 5.92 Å². The van der Waals surface area contributed by atoms with Crippen LogP contribution in [0.1, 0.15) is 18.5 Å². The zero-order chi connectivity index (χ0) is 12.5. The van der Waals surface area contributed by atoms with Crippen LogP contribution in [0.4, 0.5) is 5.13 Å². The fourth-order valence-corrected chi connectivity index (χ4v) is 3.57. The highest BCUT2D eigenvalue weighted by molar-refractivity contribution is 7.13. The van der Waals surface area contributed by atoms with E-state index in [4.69, 9.17) is 5.73 Å². The number of nitrogens with two attached hydrogens (primary N) is 1. The number of thiazole rings is 1. The second kappa shape index (κ2) is 7.45. The van der Waals surface area contributed by atoms with Gasteiger partial charge in [-0.15, -0.1) is 36.2 Å². The summed E-state index contributed by atoms with van der Waals surface area (Å²) in [5, 5.41) is 5.88. The zero-order valence-electron chi connectivity index (χ0n) is 11.1. The molecule has 0 spiro atoms. The summed E-state index contributed by atoms with van der Waals surface area (Å²) < 4.78 is 0. The van der Waals surface area contributed by atoms with Gasteiger partial charge in [-0.1, -0.05) is 0 Å². The van der Waals surface area contributed by atoms with Crippen molar-refractivity contribution in [2.24, 2.45) is 5.92 Å². The third-order valence-corrected chi connectivity index (χ3v) is 4.65. The van der Waals surface area contributed by atoms with E-state index in [0.29, 0.717) is 29.9 Å². The van der Waals surface area contributed by atoms with Crippen molar-refractivity contribution >= 4 is 47.2 Å². The van der Waals surface area contributed by atoms with E-state index in [1.54, 1.807) is 0 Å². The Morgan fingerprint density at radius 2 is 2.30 bits per heavy atom. The second-order valence-corrected chi connectivity index (χ2v) is 5.93. The molecule has 114 valence electrons. The van der Waals surface area contributed by atoms with Crippen molar-refractivity contribution in [3.05, 3.63) is 11.1 Å². The van der Waals surface area contributed by atoms with E-state index in [9.17, 15) is 4.79 Å². The molecule has 1 aromatic heterocycles. The van der Waals surface area contributed by atoms with Crippen molar-refractivity contribution < 1.29 is 4.79 Å². The van der Waals surface area contributed by atoms with E-state index < -0.39 is 0 Å². The highest BCUT2D eigenvalue weighted by Crippen LogP contribution is 2.27. The molecule has 2 aliphatic heterocycles. The number of carbonyl (C=O) groups is 1. The van der Waals surface area contributed by atoms with Crippen LogP contribution in [0.15, 0.2) is 5.38 Å². The first-order chi connectivity index (χ1) is 8.74. The molecule has 8 heteroatoms.